The van der Waals surface area contributed by atoms with Gasteiger partial charge in [0.2, 0.25) is 5.65 Å². The normalized spacial score (nSPS) is 16.7. The first-order chi connectivity index (χ1) is 14.3. The number of nitrogens with zero attached hydrogens (tertiary/aromatic N) is 7. The van der Waals surface area contributed by atoms with Gasteiger partial charge in [-0.25, -0.2) is 24.6 Å². The monoisotopic (exact) mass is 672 g/mol. The molecule has 0 bridgehead atoms. The highest BCUT2D eigenvalue weighted by atomic mass is 127. The van der Waals surface area contributed by atoms with Gasteiger partial charge in [0.15, 0.2) is 25.9 Å². The molecule has 9 nitrogen and oxygen atoms in total. The maximum Gasteiger partial charge on any atom is 0.202 e. The Balaban J connectivity index is 0.000000158. The van der Waals surface area contributed by atoms with Crippen molar-refractivity contribution in [3.05, 3.63) is 29.1 Å². The van der Waals surface area contributed by atoms with Crippen molar-refractivity contribution in [3.63, 3.8) is 0 Å². The van der Waals surface area contributed by atoms with Crippen LogP contribution in [-0.4, -0.2) is 46.5 Å². The summed E-state index contributed by atoms with van der Waals surface area (Å²) in [5.41, 5.74) is 4.30. The van der Waals surface area contributed by atoms with E-state index in [1.165, 1.54) is 0 Å². The third-order valence-corrected chi connectivity index (χ3v) is 6.69. The highest BCUT2D eigenvalue weighted by Gasteiger charge is 2.22. The number of ether oxygens (including phenoxy) is 1. The molecule has 1 N–H and O–H groups in total. The second-order valence-electron chi connectivity index (χ2n) is 6.64. The standard InChI is InChI=1S/C11H12ClIN4O.C6H4ClIN4/c1-6-9(12)15-11-8(14-6)10(13)16-17(11)7-4-2-3-5-18-7;1-2-4(7)10-6-3(9-2)5(8)11-12-6/h7H,2-5H2,1H3;1H3,(H,10,11,12). The fourth-order valence-corrected chi connectivity index (χ4v) is 4.29. The minimum Gasteiger partial charge on any atom is -0.356 e. The van der Waals surface area contributed by atoms with Gasteiger partial charge in [0.1, 0.15) is 14.7 Å². The van der Waals surface area contributed by atoms with Crippen LogP contribution < -0.4 is 0 Å². The molecule has 5 rings (SSSR count). The minimum absolute atomic E-state index is 0.0437. The second kappa shape index (κ2) is 9.30. The molecular weight excluding hydrogens is 657 g/mol. The number of H-pyrrole nitrogens is 1. The Morgan fingerprint density at radius 2 is 1.70 bits per heavy atom. The van der Waals surface area contributed by atoms with Crippen LogP contribution in [0.4, 0.5) is 0 Å². The summed E-state index contributed by atoms with van der Waals surface area (Å²) in [6, 6.07) is 0. The number of rotatable bonds is 1. The van der Waals surface area contributed by atoms with E-state index in [1.54, 1.807) is 0 Å². The van der Waals surface area contributed by atoms with Crippen molar-refractivity contribution >= 4 is 90.7 Å². The third-order valence-electron chi connectivity index (χ3n) is 4.49. The zero-order chi connectivity index (χ0) is 21.4. The minimum atomic E-state index is -0.0437. The van der Waals surface area contributed by atoms with Gasteiger partial charge in [0.25, 0.3) is 0 Å². The van der Waals surface area contributed by atoms with Crippen LogP contribution in [0.25, 0.3) is 22.3 Å². The van der Waals surface area contributed by atoms with Crippen LogP contribution in [0.2, 0.25) is 10.3 Å². The predicted octanol–water partition coefficient (Wildman–Crippen LogP) is 5.01. The van der Waals surface area contributed by atoms with E-state index >= 15 is 0 Å². The van der Waals surface area contributed by atoms with Gasteiger partial charge in [-0.1, -0.05) is 23.2 Å². The molecule has 0 radical (unpaired) electrons. The van der Waals surface area contributed by atoms with Gasteiger partial charge in [-0.2, -0.15) is 10.2 Å². The lowest BCUT2D eigenvalue weighted by molar-refractivity contribution is -0.0372. The smallest absolute Gasteiger partial charge is 0.202 e. The Hall–Kier alpha value is -0.900. The van der Waals surface area contributed by atoms with Crippen LogP contribution in [0, 0.1) is 21.2 Å². The fourth-order valence-electron chi connectivity index (χ4n) is 2.97. The molecule has 30 heavy (non-hydrogen) atoms. The number of fused-ring (bicyclic) bond motifs is 2. The third kappa shape index (κ3) is 4.49. The summed E-state index contributed by atoms with van der Waals surface area (Å²) in [7, 11) is 0. The molecule has 1 saturated heterocycles. The first kappa shape index (κ1) is 22.3. The molecule has 158 valence electrons. The molecule has 0 spiro atoms. The van der Waals surface area contributed by atoms with Crippen molar-refractivity contribution in [2.24, 2.45) is 0 Å². The molecule has 1 aliphatic rings. The van der Waals surface area contributed by atoms with E-state index in [2.05, 4.69) is 80.4 Å². The zero-order valence-corrected chi connectivity index (χ0v) is 21.8. The molecule has 4 aromatic heterocycles. The average molecular weight is 673 g/mol. The van der Waals surface area contributed by atoms with E-state index in [-0.39, 0.29) is 6.23 Å². The fraction of sp³-hybridized carbons (Fsp3) is 0.412. The molecular formula is C17H16Cl2I2N8O. The Morgan fingerprint density at radius 3 is 2.40 bits per heavy atom. The quantitative estimate of drug-likeness (QED) is 0.284. The van der Waals surface area contributed by atoms with Gasteiger partial charge >= 0.3 is 0 Å². The number of aromatic amines is 1. The molecule has 5 heterocycles. The van der Waals surface area contributed by atoms with Gasteiger partial charge in [-0.05, 0) is 78.3 Å². The Bertz CT molecular complexity index is 1220. The van der Waals surface area contributed by atoms with Crippen molar-refractivity contribution in [3.8, 4) is 0 Å². The molecule has 1 unspecified atom stereocenters. The molecule has 1 atom stereocenters. The molecule has 0 saturated carbocycles. The first-order valence-corrected chi connectivity index (χ1v) is 12.0. The van der Waals surface area contributed by atoms with E-state index < -0.39 is 0 Å². The molecule has 0 aliphatic carbocycles. The maximum atomic E-state index is 6.05. The van der Waals surface area contributed by atoms with Crippen LogP contribution in [0.1, 0.15) is 36.9 Å². The second-order valence-corrected chi connectivity index (χ2v) is 9.45. The van der Waals surface area contributed by atoms with E-state index in [9.17, 15) is 0 Å². The summed E-state index contributed by atoms with van der Waals surface area (Å²) in [4.78, 5) is 17.1. The topological polar surface area (TPSA) is 107 Å². The molecule has 1 fully saturated rings. The lowest BCUT2D eigenvalue weighted by atomic mass is 10.2. The summed E-state index contributed by atoms with van der Waals surface area (Å²) < 4.78 is 9.28. The SMILES string of the molecule is Cc1nc2c(I)[nH]nc2nc1Cl.Cc1nc2c(I)nn(C3CCCCO3)c2nc1Cl. The van der Waals surface area contributed by atoms with Crippen LogP contribution in [0.5, 0.6) is 0 Å². The van der Waals surface area contributed by atoms with Crippen molar-refractivity contribution in [1.29, 1.82) is 0 Å². The number of halogens is 4. The molecule has 13 heteroatoms. The Kier molecular flexibility index (Phi) is 6.91. The Morgan fingerprint density at radius 1 is 1.00 bits per heavy atom. The Labute approximate surface area is 209 Å². The van der Waals surface area contributed by atoms with Crippen molar-refractivity contribution in [2.75, 3.05) is 6.61 Å². The highest BCUT2D eigenvalue weighted by molar-refractivity contribution is 14.1. The lowest BCUT2D eigenvalue weighted by Gasteiger charge is -2.22. The summed E-state index contributed by atoms with van der Waals surface area (Å²) in [6.45, 7) is 4.44. The summed E-state index contributed by atoms with van der Waals surface area (Å²) in [6.07, 6.45) is 3.17. The van der Waals surface area contributed by atoms with Crippen molar-refractivity contribution in [2.45, 2.75) is 39.3 Å². The largest absolute Gasteiger partial charge is 0.356 e. The maximum absolute atomic E-state index is 6.05. The average Bonchev–Trinajstić information content (AvgIpc) is 3.24. The number of nitrogens with one attached hydrogen (secondary N) is 1. The van der Waals surface area contributed by atoms with Gasteiger partial charge < -0.3 is 4.74 Å². The van der Waals surface area contributed by atoms with E-state index in [4.69, 9.17) is 27.9 Å². The van der Waals surface area contributed by atoms with Crippen molar-refractivity contribution in [1.82, 2.24) is 39.9 Å². The summed E-state index contributed by atoms with van der Waals surface area (Å²) >= 11 is 16.1. The van der Waals surface area contributed by atoms with Gasteiger partial charge in [-0.3, -0.25) is 5.10 Å². The first-order valence-electron chi connectivity index (χ1n) is 9.08. The van der Waals surface area contributed by atoms with Gasteiger partial charge in [0, 0.05) is 6.61 Å². The van der Waals surface area contributed by atoms with Crippen LogP contribution in [-0.2, 0) is 4.74 Å². The summed E-state index contributed by atoms with van der Waals surface area (Å²) in [5, 5.41) is 12.0. The van der Waals surface area contributed by atoms with Crippen LogP contribution in [0.3, 0.4) is 0 Å². The molecule has 0 aromatic carbocycles. The number of aromatic nitrogens is 8. The number of hydrogen-bond donors (Lipinski definition) is 1. The lowest BCUT2D eigenvalue weighted by Crippen LogP contribution is -2.19. The van der Waals surface area contributed by atoms with Crippen LogP contribution in [0.15, 0.2) is 0 Å². The predicted molar refractivity (Wildman–Crippen MR) is 131 cm³/mol. The molecule has 1 aliphatic heterocycles. The zero-order valence-electron chi connectivity index (χ0n) is 16.0. The van der Waals surface area contributed by atoms with Crippen LogP contribution >= 0.6 is 68.4 Å². The molecule has 4 aromatic rings. The summed E-state index contributed by atoms with van der Waals surface area (Å²) in [5.74, 6) is 0. The van der Waals surface area contributed by atoms with E-state index in [1.807, 2.05) is 18.5 Å². The number of hydrogen-bond acceptors (Lipinski definition) is 7. The highest BCUT2D eigenvalue weighted by Crippen LogP contribution is 2.28. The van der Waals surface area contributed by atoms with Gasteiger partial charge in [-0.15, -0.1) is 0 Å². The number of aryl methyl sites for hydroxylation is 2. The van der Waals surface area contributed by atoms with Gasteiger partial charge in [0.05, 0.1) is 11.4 Å². The van der Waals surface area contributed by atoms with Crippen molar-refractivity contribution < 1.29 is 4.74 Å². The molecule has 0 amide bonds. The van der Waals surface area contributed by atoms with E-state index in [0.29, 0.717) is 21.6 Å². The van der Waals surface area contributed by atoms with E-state index in [0.717, 1.165) is 55.7 Å².